The van der Waals surface area contributed by atoms with Crippen molar-refractivity contribution in [2.45, 2.75) is 0 Å². The fourth-order valence-electron chi connectivity index (χ4n) is 2.86. The third-order valence-corrected chi connectivity index (χ3v) is 5.02. The summed E-state index contributed by atoms with van der Waals surface area (Å²) in [5, 5.41) is 10.3. The zero-order chi connectivity index (χ0) is 16.4. The maximum atomic E-state index is 12.3. The maximum Gasteiger partial charge on any atom is 0.280 e. The first-order valence-corrected chi connectivity index (χ1v) is 8.75. The van der Waals surface area contributed by atoms with Crippen molar-refractivity contribution in [3.63, 3.8) is 0 Å². The Morgan fingerprint density at radius 3 is 2.33 bits per heavy atom. The number of aromatic nitrogens is 3. The van der Waals surface area contributed by atoms with Gasteiger partial charge in [-0.2, -0.15) is 0 Å². The van der Waals surface area contributed by atoms with E-state index in [1.54, 1.807) is 0 Å². The number of anilines is 2. The van der Waals surface area contributed by atoms with Gasteiger partial charge in [0.2, 0.25) is 5.95 Å². The number of para-hydroxylation sites is 1. The molecule has 0 saturated carbocycles. The number of piperazine rings is 1. The van der Waals surface area contributed by atoms with Crippen LogP contribution in [0.5, 0.6) is 0 Å². The summed E-state index contributed by atoms with van der Waals surface area (Å²) < 4.78 is 0. The van der Waals surface area contributed by atoms with Crippen LogP contribution in [0.25, 0.3) is 10.6 Å². The highest BCUT2D eigenvalue weighted by molar-refractivity contribution is 7.13. The quantitative estimate of drug-likeness (QED) is 0.793. The second-order valence-corrected chi connectivity index (χ2v) is 6.56. The van der Waals surface area contributed by atoms with Gasteiger partial charge in [-0.05, 0) is 23.6 Å². The van der Waals surface area contributed by atoms with Crippen molar-refractivity contribution >= 4 is 23.0 Å². The first-order chi connectivity index (χ1) is 11.8. The van der Waals surface area contributed by atoms with E-state index in [0.717, 1.165) is 31.1 Å². The molecule has 6 nitrogen and oxygen atoms in total. The molecule has 1 fully saturated rings. The Kier molecular flexibility index (Phi) is 4.00. The van der Waals surface area contributed by atoms with Gasteiger partial charge in [0.1, 0.15) is 0 Å². The SMILES string of the molecule is O=c1[nH]c(N2CCN(c3ccccc3)CC2)nnc1-c1cccs1. The van der Waals surface area contributed by atoms with Gasteiger partial charge in [0.15, 0.2) is 5.69 Å². The molecule has 2 aromatic heterocycles. The fourth-order valence-corrected chi connectivity index (χ4v) is 3.57. The van der Waals surface area contributed by atoms with Crippen LogP contribution in [0.2, 0.25) is 0 Å². The van der Waals surface area contributed by atoms with E-state index in [-0.39, 0.29) is 5.56 Å². The van der Waals surface area contributed by atoms with Gasteiger partial charge in [-0.3, -0.25) is 9.78 Å². The minimum absolute atomic E-state index is 0.187. The molecule has 122 valence electrons. The Morgan fingerprint density at radius 2 is 1.67 bits per heavy atom. The van der Waals surface area contributed by atoms with Crippen molar-refractivity contribution < 1.29 is 0 Å². The van der Waals surface area contributed by atoms with Crippen molar-refractivity contribution in [3.8, 4) is 10.6 Å². The Balaban J connectivity index is 1.48. The average Bonchev–Trinajstić information content (AvgIpc) is 3.17. The summed E-state index contributed by atoms with van der Waals surface area (Å²) in [5.41, 5.74) is 1.43. The molecule has 1 aromatic carbocycles. The van der Waals surface area contributed by atoms with E-state index in [4.69, 9.17) is 0 Å². The molecule has 0 aliphatic carbocycles. The number of nitrogens with zero attached hydrogens (tertiary/aromatic N) is 4. The maximum absolute atomic E-state index is 12.3. The molecule has 0 spiro atoms. The van der Waals surface area contributed by atoms with Crippen LogP contribution < -0.4 is 15.4 Å². The highest BCUT2D eigenvalue weighted by Gasteiger charge is 2.20. The third-order valence-electron chi connectivity index (χ3n) is 4.14. The van der Waals surface area contributed by atoms with Crippen LogP contribution in [0.3, 0.4) is 0 Å². The molecular formula is C17H17N5OS. The van der Waals surface area contributed by atoms with E-state index in [1.807, 2.05) is 35.7 Å². The molecule has 0 amide bonds. The van der Waals surface area contributed by atoms with E-state index in [9.17, 15) is 4.79 Å². The minimum Gasteiger partial charge on any atom is -0.368 e. The topological polar surface area (TPSA) is 65.1 Å². The molecular weight excluding hydrogens is 322 g/mol. The molecule has 1 N–H and O–H groups in total. The lowest BCUT2D eigenvalue weighted by atomic mass is 10.2. The van der Waals surface area contributed by atoms with Crippen LogP contribution in [0, 0.1) is 0 Å². The Bertz CT molecular complexity index is 854. The standard InChI is InChI=1S/C17H17N5OS/c23-16-15(14-7-4-12-24-14)19-20-17(18-16)22-10-8-21(9-11-22)13-5-2-1-3-6-13/h1-7,12H,8-11H2,(H,18,20,23). The van der Waals surface area contributed by atoms with Crippen molar-refractivity contribution in [1.29, 1.82) is 0 Å². The lowest BCUT2D eigenvalue weighted by Gasteiger charge is -2.36. The first kappa shape index (κ1) is 14.9. The molecule has 3 aromatic rings. The monoisotopic (exact) mass is 339 g/mol. The highest BCUT2D eigenvalue weighted by Crippen LogP contribution is 2.20. The predicted molar refractivity (Wildman–Crippen MR) is 96.8 cm³/mol. The fraction of sp³-hybridized carbons (Fsp3) is 0.235. The summed E-state index contributed by atoms with van der Waals surface area (Å²) in [6.45, 7) is 3.39. The first-order valence-electron chi connectivity index (χ1n) is 7.87. The van der Waals surface area contributed by atoms with Crippen molar-refractivity contribution in [1.82, 2.24) is 15.2 Å². The second kappa shape index (κ2) is 6.45. The van der Waals surface area contributed by atoms with Crippen LogP contribution in [-0.4, -0.2) is 41.4 Å². The number of benzene rings is 1. The van der Waals surface area contributed by atoms with Gasteiger partial charge in [-0.25, -0.2) is 0 Å². The molecule has 0 unspecified atom stereocenters. The second-order valence-electron chi connectivity index (χ2n) is 5.61. The van der Waals surface area contributed by atoms with Gasteiger partial charge in [-0.15, -0.1) is 21.5 Å². The van der Waals surface area contributed by atoms with E-state index < -0.39 is 0 Å². The molecule has 3 heterocycles. The number of thiophene rings is 1. The summed E-state index contributed by atoms with van der Waals surface area (Å²) in [4.78, 5) is 20.4. The Hall–Kier alpha value is -2.67. The smallest absolute Gasteiger partial charge is 0.280 e. The Morgan fingerprint density at radius 1 is 0.917 bits per heavy atom. The van der Waals surface area contributed by atoms with E-state index in [2.05, 4.69) is 37.1 Å². The number of nitrogens with one attached hydrogen (secondary N) is 1. The van der Waals surface area contributed by atoms with Crippen molar-refractivity contribution in [2.24, 2.45) is 0 Å². The van der Waals surface area contributed by atoms with E-state index >= 15 is 0 Å². The van der Waals surface area contributed by atoms with Crippen LogP contribution in [-0.2, 0) is 0 Å². The van der Waals surface area contributed by atoms with Gasteiger partial charge in [0.05, 0.1) is 4.88 Å². The largest absolute Gasteiger partial charge is 0.368 e. The summed E-state index contributed by atoms with van der Waals surface area (Å²) in [7, 11) is 0. The lowest BCUT2D eigenvalue weighted by molar-refractivity contribution is 0.634. The zero-order valence-electron chi connectivity index (χ0n) is 13.1. The summed E-state index contributed by atoms with van der Waals surface area (Å²) in [5.74, 6) is 0.549. The van der Waals surface area contributed by atoms with Gasteiger partial charge in [0, 0.05) is 31.9 Å². The lowest BCUT2D eigenvalue weighted by Crippen LogP contribution is -2.47. The molecule has 0 bridgehead atoms. The molecule has 0 radical (unpaired) electrons. The summed E-state index contributed by atoms with van der Waals surface area (Å²) in [6, 6.07) is 14.1. The van der Waals surface area contributed by atoms with Crippen LogP contribution >= 0.6 is 11.3 Å². The summed E-state index contributed by atoms with van der Waals surface area (Å²) >= 11 is 1.49. The number of H-pyrrole nitrogens is 1. The predicted octanol–water partition coefficient (Wildman–Crippen LogP) is 2.22. The van der Waals surface area contributed by atoms with Crippen LogP contribution in [0.4, 0.5) is 11.6 Å². The van der Waals surface area contributed by atoms with Gasteiger partial charge >= 0.3 is 0 Å². The van der Waals surface area contributed by atoms with E-state index in [1.165, 1.54) is 17.0 Å². The normalized spacial score (nSPS) is 14.8. The van der Waals surface area contributed by atoms with Gasteiger partial charge < -0.3 is 9.80 Å². The molecule has 1 aliphatic rings. The minimum atomic E-state index is -0.187. The molecule has 7 heteroatoms. The summed E-state index contributed by atoms with van der Waals surface area (Å²) in [6.07, 6.45) is 0. The number of rotatable bonds is 3. The molecule has 1 aliphatic heterocycles. The number of aromatic amines is 1. The zero-order valence-corrected chi connectivity index (χ0v) is 13.9. The van der Waals surface area contributed by atoms with Gasteiger partial charge in [-0.1, -0.05) is 24.3 Å². The molecule has 0 atom stereocenters. The molecule has 1 saturated heterocycles. The van der Waals surface area contributed by atoms with Crippen molar-refractivity contribution in [2.75, 3.05) is 36.0 Å². The Labute approximate surface area is 143 Å². The number of hydrogen-bond donors (Lipinski definition) is 1. The van der Waals surface area contributed by atoms with E-state index in [0.29, 0.717) is 11.6 Å². The number of hydrogen-bond acceptors (Lipinski definition) is 6. The molecule has 4 rings (SSSR count). The average molecular weight is 339 g/mol. The van der Waals surface area contributed by atoms with Crippen LogP contribution in [0.1, 0.15) is 0 Å². The van der Waals surface area contributed by atoms with Crippen molar-refractivity contribution in [3.05, 3.63) is 58.2 Å². The third kappa shape index (κ3) is 2.90. The van der Waals surface area contributed by atoms with Crippen LogP contribution in [0.15, 0.2) is 52.6 Å². The van der Waals surface area contributed by atoms with Gasteiger partial charge in [0.25, 0.3) is 5.56 Å². The highest BCUT2D eigenvalue weighted by atomic mass is 32.1. The molecule has 24 heavy (non-hydrogen) atoms.